The minimum Gasteiger partial charge on any atom is -0.496 e. The van der Waals surface area contributed by atoms with Crippen molar-refractivity contribution < 1.29 is 9.53 Å². The first kappa shape index (κ1) is 15.5. The molecule has 0 atom stereocenters. The van der Waals surface area contributed by atoms with Gasteiger partial charge in [0.25, 0.3) is 0 Å². The molecule has 1 rings (SSSR count). The van der Waals surface area contributed by atoms with Gasteiger partial charge < -0.3 is 9.64 Å². The van der Waals surface area contributed by atoms with E-state index in [1.807, 2.05) is 0 Å². The summed E-state index contributed by atoms with van der Waals surface area (Å²) in [5, 5.41) is 0. The summed E-state index contributed by atoms with van der Waals surface area (Å²) < 4.78 is 5.38. The molecule has 1 amide bonds. The van der Waals surface area contributed by atoms with Gasteiger partial charge in [0, 0.05) is 19.2 Å². The normalized spacial score (nSPS) is 16.3. The smallest absolute Gasteiger partial charge is 0.226 e. The first-order chi connectivity index (χ1) is 9.09. The van der Waals surface area contributed by atoms with Gasteiger partial charge in [-0.15, -0.1) is 0 Å². The lowest BCUT2D eigenvalue weighted by Gasteiger charge is -2.07. The zero-order valence-corrected chi connectivity index (χ0v) is 12.3. The van der Waals surface area contributed by atoms with E-state index >= 15 is 0 Å². The molecule has 1 aliphatic rings. The number of ether oxygens (including phenoxy) is 1. The van der Waals surface area contributed by atoms with Crippen LogP contribution in [0.4, 0.5) is 0 Å². The number of hydrogen-bond donors (Lipinski definition) is 0. The standard InChI is InChI=1S/C16H25NO2/c1-14(2)6-4-7-15(3)9-12-19-13-11-17-10-5-8-16(17)18/h6,9,11,13H,4-5,7-8,10,12H2,1-3H3/b13-11+,15-9+. The van der Waals surface area contributed by atoms with Gasteiger partial charge in [-0.3, -0.25) is 4.79 Å². The maximum absolute atomic E-state index is 11.3. The Bertz CT molecular complexity index is 376. The molecule has 0 aromatic rings. The number of amides is 1. The third kappa shape index (κ3) is 6.85. The van der Waals surface area contributed by atoms with Crippen LogP contribution in [0.1, 0.15) is 46.5 Å². The van der Waals surface area contributed by atoms with Crippen LogP contribution in [0.25, 0.3) is 0 Å². The number of carbonyl (C=O) groups is 1. The Morgan fingerprint density at radius 1 is 1.32 bits per heavy atom. The maximum atomic E-state index is 11.3. The van der Waals surface area contributed by atoms with Gasteiger partial charge in [-0.1, -0.05) is 17.2 Å². The monoisotopic (exact) mass is 263 g/mol. The van der Waals surface area contributed by atoms with Crippen molar-refractivity contribution in [2.75, 3.05) is 13.2 Å². The van der Waals surface area contributed by atoms with Gasteiger partial charge in [-0.05, 0) is 46.1 Å². The lowest BCUT2D eigenvalue weighted by molar-refractivity contribution is -0.125. The predicted octanol–water partition coefficient (Wildman–Crippen LogP) is 3.79. The fourth-order valence-electron chi connectivity index (χ4n) is 1.88. The summed E-state index contributed by atoms with van der Waals surface area (Å²) in [6.45, 7) is 7.74. The average Bonchev–Trinajstić information content (AvgIpc) is 2.74. The second kappa shape index (κ2) is 8.57. The molecule has 0 bridgehead atoms. The Morgan fingerprint density at radius 3 is 2.74 bits per heavy atom. The minimum absolute atomic E-state index is 0.188. The van der Waals surface area contributed by atoms with Crippen LogP contribution in [0.2, 0.25) is 0 Å². The van der Waals surface area contributed by atoms with Crippen molar-refractivity contribution in [3.63, 3.8) is 0 Å². The van der Waals surface area contributed by atoms with Crippen molar-refractivity contribution in [3.05, 3.63) is 35.8 Å². The summed E-state index contributed by atoms with van der Waals surface area (Å²) in [4.78, 5) is 13.0. The van der Waals surface area contributed by atoms with Crippen molar-refractivity contribution in [1.29, 1.82) is 0 Å². The number of carbonyl (C=O) groups excluding carboxylic acids is 1. The zero-order chi connectivity index (χ0) is 14.1. The Labute approximate surface area is 116 Å². The van der Waals surface area contributed by atoms with E-state index in [4.69, 9.17) is 4.74 Å². The summed E-state index contributed by atoms with van der Waals surface area (Å²) in [5.74, 6) is 0.188. The van der Waals surface area contributed by atoms with Gasteiger partial charge in [-0.2, -0.15) is 0 Å². The fraction of sp³-hybridized carbons (Fsp3) is 0.562. The molecular formula is C16H25NO2. The summed E-state index contributed by atoms with van der Waals surface area (Å²) in [5.41, 5.74) is 2.70. The molecule has 0 aromatic heterocycles. The number of allylic oxidation sites excluding steroid dienone is 3. The van der Waals surface area contributed by atoms with E-state index in [1.54, 1.807) is 17.4 Å². The molecule has 3 heteroatoms. The van der Waals surface area contributed by atoms with Crippen molar-refractivity contribution >= 4 is 5.91 Å². The lowest BCUT2D eigenvalue weighted by atomic mass is 10.1. The quantitative estimate of drug-likeness (QED) is 0.397. The largest absolute Gasteiger partial charge is 0.496 e. The molecule has 19 heavy (non-hydrogen) atoms. The summed E-state index contributed by atoms with van der Waals surface area (Å²) >= 11 is 0. The van der Waals surface area contributed by atoms with E-state index in [-0.39, 0.29) is 5.91 Å². The van der Waals surface area contributed by atoms with E-state index < -0.39 is 0 Å². The van der Waals surface area contributed by atoms with Crippen molar-refractivity contribution in [2.45, 2.75) is 46.5 Å². The van der Waals surface area contributed by atoms with Crippen LogP contribution >= 0.6 is 0 Å². The van der Waals surface area contributed by atoms with Crippen molar-refractivity contribution in [1.82, 2.24) is 4.90 Å². The van der Waals surface area contributed by atoms with Gasteiger partial charge in [0.1, 0.15) is 6.61 Å². The highest BCUT2D eigenvalue weighted by Gasteiger charge is 2.17. The van der Waals surface area contributed by atoms with Crippen molar-refractivity contribution in [2.24, 2.45) is 0 Å². The third-order valence-electron chi connectivity index (χ3n) is 3.07. The lowest BCUT2D eigenvalue weighted by Crippen LogP contribution is -2.17. The SMILES string of the molecule is CC(C)=CCC/C(C)=C/CO/C=C/N1CCCC1=O. The van der Waals surface area contributed by atoms with Gasteiger partial charge in [0.05, 0.1) is 6.26 Å². The molecule has 106 valence electrons. The molecule has 0 N–H and O–H groups in total. The molecule has 0 aromatic carbocycles. The third-order valence-corrected chi connectivity index (χ3v) is 3.07. The van der Waals surface area contributed by atoms with Gasteiger partial charge in [0.15, 0.2) is 0 Å². The maximum Gasteiger partial charge on any atom is 0.226 e. The number of nitrogens with zero attached hydrogens (tertiary/aromatic N) is 1. The zero-order valence-electron chi connectivity index (χ0n) is 12.3. The minimum atomic E-state index is 0.188. The van der Waals surface area contributed by atoms with E-state index in [1.165, 1.54) is 11.1 Å². The second-order valence-corrected chi connectivity index (χ2v) is 5.18. The van der Waals surface area contributed by atoms with Crippen LogP contribution in [-0.4, -0.2) is 24.0 Å². The molecule has 3 nitrogen and oxygen atoms in total. The van der Waals surface area contributed by atoms with Crippen LogP contribution in [0.5, 0.6) is 0 Å². The van der Waals surface area contributed by atoms with Gasteiger partial charge in [0.2, 0.25) is 5.91 Å². The number of rotatable bonds is 7. The molecule has 0 unspecified atom stereocenters. The van der Waals surface area contributed by atoms with Crippen LogP contribution in [0.3, 0.4) is 0 Å². The molecule has 1 fully saturated rings. The van der Waals surface area contributed by atoms with E-state index in [0.29, 0.717) is 13.0 Å². The first-order valence-electron chi connectivity index (χ1n) is 6.96. The van der Waals surface area contributed by atoms with Gasteiger partial charge >= 0.3 is 0 Å². The highest BCUT2D eigenvalue weighted by molar-refractivity contribution is 5.79. The Kier molecular flexibility index (Phi) is 7.01. The number of hydrogen-bond acceptors (Lipinski definition) is 2. The van der Waals surface area contributed by atoms with Crippen LogP contribution in [0, 0.1) is 0 Å². The predicted molar refractivity (Wildman–Crippen MR) is 78.5 cm³/mol. The van der Waals surface area contributed by atoms with Crippen LogP contribution in [-0.2, 0) is 9.53 Å². The van der Waals surface area contributed by atoms with E-state index in [2.05, 4.69) is 32.9 Å². The molecule has 1 heterocycles. The fourth-order valence-corrected chi connectivity index (χ4v) is 1.88. The van der Waals surface area contributed by atoms with Gasteiger partial charge in [-0.25, -0.2) is 0 Å². The highest BCUT2D eigenvalue weighted by atomic mass is 16.5. The molecule has 1 saturated heterocycles. The second-order valence-electron chi connectivity index (χ2n) is 5.18. The Hall–Kier alpha value is -1.51. The number of likely N-dealkylation sites (tertiary alicyclic amines) is 1. The molecule has 0 spiro atoms. The highest BCUT2D eigenvalue weighted by Crippen LogP contribution is 2.10. The van der Waals surface area contributed by atoms with E-state index in [9.17, 15) is 4.79 Å². The van der Waals surface area contributed by atoms with Crippen LogP contribution < -0.4 is 0 Å². The Morgan fingerprint density at radius 2 is 2.11 bits per heavy atom. The molecular weight excluding hydrogens is 238 g/mol. The molecule has 0 radical (unpaired) electrons. The average molecular weight is 263 g/mol. The molecule has 0 saturated carbocycles. The molecule has 1 aliphatic heterocycles. The first-order valence-corrected chi connectivity index (χ1v) is 6.96. The van der Waals surface area contributed by atoms with Crippen molar-refractivity contribution in [3.8, 4) is 0 Å². The Balaban J connectivity index is 2.16. The van der Waals surface area contributed by atoms with Crippen LogP contribution in [0.15, 0.2) is 35.8 Å². The topological polar surface area (TPSA) is 29.5 Å². The molecule has 0 aliphatic carbocycles. The summed E-state index contributed by atoms with van der Waals surface area (Å²) in [6.07, 6.45) is 11.5. The summed E-state index contributed by atoms with van der Waals surface area (Å²) in [7, 11) is 0. The summed E-state index contributed by atoms with van der Waals surface area (Å²) in [6, 6.07) is 0. The van der Waals surface area contributed by atoms with E-state index in [0.717, 1.165) is 25.8 Å².